The Labute approximate surface area is 119 Å². The number of imidazole rings is 1. The summed E-state index contributed by atoms with van der Waals surface area (Å²) in [4.78, 5) is 29.4. The average Bonchev–Trinajstić information content (AvgIpc) is 2.90. The van der Waals surface area contributed by atoms with Crippen molar-refractivity contribution in [3.63, 3.8) is 0 Å². The van der Waals surface area contributed by atoms with E-state index in [1.165, 1.54) is 4.90 Å². The van der Waals surface area contributed by atoms with Crippen molar-refractivity contribution in [2.24, 2.45) is 0 Å². The number of rotatable bonds is 2. The Kier molecular flexibility index (Phi) is 3.35. The monoisotopic (exact) mass is 291 g/mol. The van der Waals surface area contributed by atoms with Crippen LogP contribution in [-0.2, 0) is 4.79 Å². The van der Waals surface area contributed by atoms with Crippen LogP contribution in [0.3, 0.4) is 0 Å². The van der Waals surface area contributed by atoms with Gasteiger partial charge in [-0.3, -0.25) is 4.79 Å². The minimum atomic E-state index is -0.964. The van der Waals surface area contributed by atoms with Gasteiger partial charge in [0.25, 0.3) is 5.91 Å². The van der Waals surface area contributed by atoms with E-state index in [9.17, 15) is 14.7 Å². The SMILES string of the molecule is O=C(O)C1CSCCN1C(=O)c1cn2ccccc2n1. The van der Waals surface area contributed by atoms with Gasteiger partial charge in [0, 0.05) is 30.4 Å². The van der Waals surface area contributed by atoms with E-state index in [1.54, 1.807) is 34.6 Å². The van der Waals surface area contributed by atoms with Crippen LogP contribution < -0.4 is 0 Å². The maximum absolute atomic E-state index is 12.5. The highest BCUT2D eigenvalue weighted by Crippen LogP contribution is 2.19. The normalized spacial score (nSPS) is 19.2. The van der Waals surface area contributed by atoms with Crippen molar-refractivity contribution in [2.75, 3.05) is 18.1 Å². The van der Waals surface area contributed by atoms with E-state index >= 15 is 0 Å². The van der Waals surface area contributed by atoms with Crippen LogP contribution in [0.5, 0.6) is 0 Å². The quantitative estimate of drug-likeness (QED) is 0.892. The molecule has 0 saturated carbocycles. The van der Waals surface area contributed by atoms with Gasteiger partial charge in [0.1, 0.15) is 17.4 Å². The Hall–Kier alpha value is -2.02. The van der Waals surface area contributed by atoms with Crippen LogP contribution in [0.4, 0.5) is 0 Å². The molecule has 0 radical (unpaired) electrons. The first-order valence-corrected chi connectivity index (χ1v) is 7.37. The summed E-state index contributed by atoms with van der Waals surface area (Å²) >= 11 is 1.55. The van der Waals surface area contributed by atoms with Crippen molar-refractivity contribution in [1.29, 1.82) is 0 Å². The van der Waals surface area contributed by atoms with Gasteiger partial charge in [-0.1, -0.05) is 6.07 Å². The third-order valence-electron chi connectivity index (χ3n) is 3.26. The second-order valence-corrected chi connectivity index (χ2v) is 5.67. The van der Waals surface area contributed by atoms with Crippen molar-refractivity contribution < 1.29 is 14.7 Å². The number of hydrogen-bond acceptors (Lipinski definition) is 4. The molecule has 7 heteroatoms. The number of carboxylic acid groups (broad SMARTS) is 1. The molecule has 0 bridgehead atoms. The molecule has 6 nitrogen and oxygen atoms in total. The molecule has 1 saturated heterocycles. The van der Waals surface area contributed by atoms with E-state index < -0.39 is 12.0 Å². The Morgan fingerprint density at radius 1 is 1.40 bits per heavy atom. The van der Waals surface area contributed by atoms with Crippen LogP contribution in [0, 0.1) is 0 Å². The number of carbonyl (C=O) groups excluding carboxylic acids is 1. The lowest BCUT2D eigenvalue weighted by Gasteiger charge is -2.31. The molecule has 0 spiro atoms. The average molecular weight is 291 g/mol. The van der Waals surface area contributed by atoms with Crippen molar-refractivity contribution in [3.05, 3.63) is 36.3 Å². The Bertz CT molecular complexity index is 637. The summed E-state index contributed by atoms with van der Waals surface area (Å²) in [5.41, 5.74) is 0.962. The lowest BCUT2D eigenvalue weighted by atomic mass is 10.2. The predicted molar refractivity (Wildman–Crippen MR) is 75.0 cm³/mol. The molecule has 3 rings (SSSR count). The van der Waals surface area contributed by atoms with Crippen molar-refractivity contribution in [3.8, 4) is 0 Å². The van der Waals surface area contributed by atoms with Crippen LogP contribution in [0.1, 0.15) is 10.5 Å². The summed E-state index contributed by atoms with van der Waals surface area (Å²) in [6.07, 6.45) is 3.44. The van der Waals surface area contributed by atoms with Gasteiger partial charge < -0.3 is 14.4 Å². The first-order chi connectivity index (χ1) is 9.66. The van der Waals surface area contributed by atoms with Gasteiger partial charge in [-0.15, -0.1) is 0 Å². The molecule has 1 fully saturated rings. The first-order valence-electron chi connectivity index (χ1n) is 6.22. The van der Waals surface area contributed by atoms with Gasteiger partial charge >= 0.3 is 5.97 Å². The molecule has 1 aliphatic rings. The molecule has 20 heavy (non-hydrogen) atoms. The number of carboxylic acids is 1. The molecule has 1 amide bonds. The number of pyridine rings is 1. The number of nitrogens with zero attached hydrogens (tertiary/aromatic N) is 3. The molecule has 1 atom stereocenters. The molecule has 1 aliphatic heterocycles. The zero-order valence-electron chi connectivity index (χ0n) is 10.6. The van der Waals surface area contributed by atoms with E-state index in [-0.39, 0.29) is 11.6 Å². The Morgan fingerprint density at radius 2 is 2.25 bits per heavy atom. The van der Waals surface area contributed by atoms with E-state index in [0.29, 0.717) is 17.9 Å². The smallest absolute Gasteiger partial charge is 0.327 e. The molecule has 2 aromatic heterocycles. The topological polar surface area (TPSA) is 74.9 Å². The Morgan fingerprint density at radius 3 is 3.00 bits per heavy atom. The largest absolute Gasteiger partial charge is 0.480 e. The number of amides is 1. The Balaban J connectivity index is 1.92. The highest BCUT2D eigenvalue weighted by atomic mass is 32.2. The molecular weight excluding hydrogens is 278 g/mol. The van der Waals surface area contributed by atoms with Gasteiger partial charge in [-0.25, -0.2) is 9.78 Å². The van der Waals surface area contributed by atoms with Crippen LogP contribution in [0.2, 0.25) is 0 Å². The fraction of sp³-hybridized carbons (Fsp3) is 0.308. The van der Waals surface area contributed by atoms with Crippen LogP contribution in [0.25, 0.3) is 5.65 Å². The van der Waals surface area contributed by atoms with E-state index in [4.69, 9.17) is 0 Å². The van der Waals surface area contributed by atoms with Gasteiger partial charge in [0.2, 0.25) is 0 Å². The van der Waals surface area contributed by atoms with Gasteiger partial charge in [0.15, 0.2) is 0 Å². The summed E-state index contributed by atoms with van der Waals surface area (Å²) < 4.78 is 1.75. The minimum absolute atomic E-state index is 0.286. The van der Waals surface area contributed by atoms with E-state index in [0.717, 1.165) is 5.75 Å². The number of aliphatic carboxylic acids is 1. The zero-order chi connectivity index (χ0) is 14.1. The third-order valence-corrected chi connectivity index (χ3v) is 4.28. The maximum Gasteiger partial charge on any atom is 0.327 e. The minimum Gasteiger partial charge on any atom is -0.480 e. The highest BCUT2D eigenvalue weighted by molar-refractivity contribution is 7.99. The highest BCUT2D eigenvalue weighted by Gasteiger charge is 2.33. The second-order valence-electron chi connectivity index (χ2n) is 4.52. The van der Waals surface area contributed by atoms with Crippen LogP contribution >= 0.6 is 11.8 Å². The van der Waals surface area contributed by atoms with Gasteiger partial charge in [0.05, 0.1) is 0 Å². The molecule has 1 N–H and O–H groups in total. The summed E-state index contributed by atoms with van der Waals surface area (Å²) in [5.74, 6) is -0.104. The van der Waals surface area contributed by atoms with Crippen LogP contribution in [0.15, 0.2) is 30.6 Å². The number of carbonyl (C=O) groups is 2. The van der Waals surface area contributed by atoms with Gasteiger partial charge in [-0.2, -0.15) is 11.8 Å². The van der Waals surface area contributed by atoms with Crippen LogP contribution in [-0.4, -0.2) is 55.4 Å². The molecule has 0 aromatic carbocycles. The second kappa shape index (κ2) is 5.16. The summed E-state index contributed by atoms with van der Waals surface area (Å²) in [5, 5.41) is 9.21. The number of hydrogen-bond donors (Lipinski definition) is 1. The summed E-state index contributed by atoms with van der Waals surface area (Å²) in [6.45, 7) is 0.439. The van der Waals surface area contributed by atoms with Crippen molar-refractivity contribution in [2.45, 2.75) is 6.04 Å². The maximum atomic E-state index is 12.5. The summed E-state index contributed by atoms with van der Waals surface area (Å²) in [6, 6.07) is 4.72. The number of thioether (sulfide) groups is 1. The molecule has 2 aromatic rings. The molecule has 1 unspecified atom stereocenters. The fourth-order valence-corrected chi connectivity index (χ4v) is 3.27. The van der Waals surface area contributed by atoms with Crippen molar-refractivity contribution in [1.82, 2.24) is 14.3 Å². The predicted octanol–water partition coefficient (Wildman–Crippen LogP) is 0.976. The molecule has 0 aliphatic carbocycles. The van der Waals surface area contributed by atoms with E-state index in [2.05, 4.69) is 4.98 Å². The van der Waals surface area contributed by atoms with Gasteiger partial charge in [-0.05, 0) is 12.1 Å². The third kappa shape index (κ3) is 2.24. The fourth-order valence-electron chi connectivity index (χ4n) is 2.24. The molecule has 3 heterocycles. The zero-order valence-corrected chi connectivity index (χ0v) is 11.4. The summed E-state index contributed by atoms with van der Waals surface area (Å²) in [7, 11) is 0. The number of aromatic nitrogens is 2. The number of fused-ring (bicyclic) bond motifs is 1. The standard InChI is InChI=1S/C13H13N3O3S/c17-12(16-5-6-20-8-10(16)13(18)19)9-7-15-4-2-1-3-11(15)14-9/h1-4,7,10H,5-6,8H2,(H,18,19). The molecule has 104 valence electrons. The lowest BCUT2D eigenvalue weighted by Crippen LogP contribution is -2.50. The van der Waals surface area contributed by atoms with Crippen molar-refractivity contribution >= 4 is 29.3 Å². The molecular formula is C13H13N3O3S. The van der Waals surface area contributed by atoms with E-state index in [1.807, 2.05) is 12.1 Å². The lowest BCUT2D eigenvalue weighted by molar-refractivity contribution is -0.141. The first kappa shape index (κ1) is 13.0.